The molecule has 0 spiro atoms. The first-order valence-electron chi connectivity index (χ1n) is 2.91. The van der Waals surface area contributed by atoms with Crippen LogP contribution in [0.4, 0.5) is 0 Å². The minimum Gasteiger partial charge on any atom is -0.504 e. The van der Waals surface area contributed by atoms with E-state index < -0.39 is 26.5 Å². The Bertz CT molecular complexity index is 399. The Morgan fingerprint density at radius 3 is 2.08 bits per heavy atom. The molecule has 0 aromatic heterocycles. The minimum atomic E-state index is -4.47. The second-order valence-corrected chi connectivity index (χ2v) is 3.49. The molecule has 7 heteroatoms. The number of hydrogen-bond donors (Lipinski definition) is 3. The fraction of sp³-hybridized carbons (Fsp3) is 0. The van der Waals surface area contributed by atoms with Gasteiger partial charge in [-0.25, -0.2) is 0 Å². The van der Waals surface area contributed by atoms with Crippen LogP contribution in [-0.2, 0) is 27.2 Å². The first kappa shape index (κ1) is 12.2. The van der Waals surface area contributed by atoms with Gasteiger partial charge in [0.1, 0.15) is 4.90 Å². The summed E-state index contributed by atoms with van der Waals surface area (Å²) in [6.45, 7) is 0. The van der Waals surface area contributed by atoms with Crippen molar-refractivity contribution in [1.29, 1.82) is 0 Å². The van der Waals surface area contributed by atoms with Crippen molar-refractivity contribution in [2.45, 2.75) is 4.90 Å². The molecular weight excluding hydrogens is 240 g/mol. The Balaban J connectivity index is 0.00000144. The molecule has 0 atom stereocenters. The van der Waals surface area contributed by atoms with Gasteiger partial charge in [-0.15, -0.1) is 0 Å². The molecule has 1 aromatic carbocycles. The summed E-state index contributed by atoms with van der Waals surface area (Å²) in [6, 6.07) is 3.27. The summed E-state index contributed by atoms with van der Waals surface area (Å²) < 4.78 is 29.5. The predicted molar refractivity (Wildman–Crippen MR) is 39.6 cm³/mol. The van der Waals surface area contributed by atoms with Crippen LogP contribution in [0.25, 0.3) is 0 Å². The van der Waals surface area contributed by atoms with E-state index in [1.165, 1.54) is 6.07 Å². The monoisotopic (exact) mass is 246 g/mol. The number of phenolic OH excluding ortho intramolecular Hbond substituents is 2. The standard InChI is InChI=1S/C6H6O5S.Fe/c7-4-2-1-3-5(6(4)8)12(9,10)11;/h1-3,7-8H,(H,9,10,11);. The molecule has 3 N–H and O–H groups in total. The molecular formula is C6H6FeO5S. The quantitative estimate of drug-likeness (QED) is 0.377. The van der Waals surface area contributed by atoms with Crippen LogP contribution in [0.3, 0.4) is 0 Å². The largest absolute Gasteiger partial charge is 0.504 e. The van der Waals surface area contributed by atoms with Gasteiger partial charge in [0.2, 0.25) is 0 Å². The maximum absolute atomic E-state index is 10.5. The van der Waals surface area contributed by atoms with Crippen LogP contribution in [0.2, 0.25) is 0 Å². The Hall–Kier alpha value is -0.751. The van der Waals surface area contributed by atoms with Crippen LogP contribution in [0, 0.1) is 0 Å². The number of aromatic hydroxyl groups is 2. The Labute approximate surface area is 85.2 Å². The first-order valence-corrected chi connectivity index (χ1v) is 4.35. The van der Waals surface area contributed by atoms with Gasteiger partial charge in [-0.05, 0) is 12.1 Å². The summed E-state index contributed by atoms with van der Waals surface area (Å²) in [5.41, 5.74) is 0. The maximum atomic E-state index is 10.5. The van der Waals surface area contributed by atoms with Gasteiger partial charge in [0.15, 0.2) is 11.5 Å². The maximum Gasteiger partial charge on any atom is 0.298 e. The molecule has 13 heavy (non-hydrogen) atoms. The van der Waals surface area contributed by atoms with E-state index in [0.717, 1.165) is 12.1 Å². The van der Waals surface area contributed by atoms with Gasteiger partial charge in [-0.3, -0.25) is 4.55 Å². The van der Waals surface area contributed by atoms with Gasteiger partial charge in [-0.1, -0.05) is 6.07 Å². The molecule has 0 heterocycles. The zero-order valence-corrected chi connectivity index (χ0v) is 8.07. The number of rotatable bonds is 1. The average Bonchev–Trinajstić information content (AvgIpc) is 1.92. The van der Waals surface area contributed by atoms with Crippen molar-refractivity contribution in [1.82, 2.24) is 0 Å². The van der Waals surface area contributed by atoms with Crippen molar-refractivity contribution in [3.8, 4) is 11.5 Å². The molecule has 0 radical (unpaired) electrons. The van der Waals surface area contributed by atoms with Crippen LogP contribution in [0.1, 0.15) is 0 Å². The van der Waals surface area contributed by atoms with Gasteiger partial charge < -0.3 is 10.2 Å². The summed E-state index contributed by atoms with van der Waals surface area (Å²) in [5.74, 6) is -1.44. The van der Waals surface area contributed by atoms with E-state index in [9.17, 15) is 8.42 Å². The SMILES string of the molecule is O=S(=O)(O)c1cccc(O)c1O.[Fe]. The van der Waals surface area contributed by atoms with Crippen molar-refractivity contribution >= 4 is 10.1 Å². The number of benzene rings is 1. The molecule has 0 saturated heterocycles. The molecule has 0 aliphatic rings. The van der Waals surface area contributed by atoms with Gasteiger partial charge >= 0.3 is 0 Å². The molecule has 1 rings (SSSR count). The van der Waals surface area contributed by atoms with E-state index in [1.54, 1.807) is 0 Å². The van der Waals surface area contributed by atoms with Crippen molar-refractivity contribution in [2.75, 3.05) is 0 Å². The number of para-hydroxylation sites is 1. The zero-order valence-electron chi connectivity index (χ0n) is 6.15. The predicted octanol–water partition coefficient (Wildman–Crippen LogP) is 0.342. The average molecular weight is 246 g/mol. The van der Waals surface area contributed by atoms with Crippen LogP contribution < -0.4 is 0 Å². The van der Waals surface area contributed by atoms with E-state index >= 15 is 0 Å². The summed E-state index contributed by atoms with van der Waals surface area (Å²) in [7, 11) is -4.47. The Morgan fingerprint density at radius 2 is 1.69 bits per heavy atom. The van der Waals surface area contributed by atoms with Crippen LogP contribution in [0.5, 0.6) is 11.5 Å². The molecule has 74 valence electrons. The minimum absolute atomic E-state index is 0. The molecule has 0 fully saturated rings. The molecule has 0 saturated carbocycles. The second kappa shape index (κ2) is 3.97. The summed E-state index contributed by atoms with van der Waals surface area (Å²) in [5, 5.41) is 17.8. The molecule has 0 aliphatic heterocycles. The van der Waals surface area contributed by atoms with Gasteiger partial charge in [0.25, 0.3) is 10.1 Å². The fourth-order valence-electron chi connectivity index (χ4n) is 0.719. The van der Waals surface area contributed by atoms with Gasteiger partial charge in [-0.2, -0.15) is 8.42 Å². The zero-order chi connectivity index (χ0) is 9.35. The van der Waals surface area contributed by atoms with E-state index in [1.807, 2.05) is 0 Å². The molecule has 1 aromatic rings. The topological polar surface area (TPSA) is 94.8 Å². The normalized spacial score (nSPS) is 10.5. The number of hydrogen-bond acceptors (Lipinski definition) is 4. The van der Waals surface area contributed by atoms with Crippen LogP contribution >= 0.6 is 0 Å². The van der Waals surface area contributed by atoms with Crippen molar-refractivity contribution < 1.29 is 40.3 Å². The van der Waals surface area contributed by atoms with Crippen LogP contribution in [-0.4, -0.2) is 23.2 Å². The summed E-state index contributed by atoms with van der Waals surface area (Å²) in [4.78, 5) is -0.706. The number of phenols is 2. The van der Waals surface area contributed by atoms with Crippen LogP contribution in [0.15, 0.2) is 23.1 Å². The second-order valence-electron chi connectivity index (χ2n) is 2.10. The third-order valence-corrected chi connectivity index (χ3v) is 2.14. The molecule has 0 amide bonds. The molecule has 5 nitrogen and oxygen atoms in total. The molecule has 0 unspecified atom stereocenters. The van der Waals surface area contributed by atoms with Crippen molar-refractivity contribution in [2.24, 2.45) is 0 Å². The van der Waals surface area contributed by atoms with E-state index in [0.29, 0.717) is 0 Å². The van der Waals surface area contributed by atoms with E-state index in [4.69, 9.17) is 14.8 Å². The third-order valence-electron chi connectivity index (χ3n) is 1.26. The van der Waals surface area contributed by atoms with Gasteiger partial charge in [0, 0.05) is 17.1 Å². The first-order chi connectivity index (χ1) is 5.43. The van der Waals surface area contributed by atoms with Crippen molar-refractivity contribution in [3.63, 3.8) is 0 Å². The van der Waals surface area contributed by atoms with Crippen molar-refractivity contribution in [3.05, 3.63) is 18.2 Å². The third kappa shape index (κ3) is 2.60. The Kier molecular flexibility index (Phi) is 3.74. The summed E-state index contributed by atoms with van der Waals surface area (Å²) >= 11 is 0. The van der Waals surface area contributed by atoms with Gasteiger partial charge in [0.05, 0.1) is 0 Å². The molecule has 0 aliphatic carbocycles. The molecule has 0 bridgehead atoms. The van der Waals surface area contributed by atoms with E-state index in [2.05, 4.69) is 0 Å². The fourth-order valence-corrected chi connectivity index (χ4v) is 1.32. The Morgan fingerprint density at radius 1 is 1.15 bits per heavy atom. The smallest absolute Gasteiger partial charge is 0.298 e. The van der Waals surface area contributed by atoms with E-state index in [-0.39, 0.29) is 17.1 Å². The summed E-state index contributed by atoms with van der Waals surface area (Å²) in [6.07, 6.45) is 0.